The van der Waals surface area contributed by atoms with Crippen molar-refractivity contribution in [3.8, 4) is 17.2 Å². The van der Waals surface area contributed by atoms with Crippen LogP contribution in [0.3, 0.4) is 0 Å². The molecule has 0 bridgehead atoms. The van der Waals surface area contributed by atoms with Gasteiger partial charge in [-0.25, -0.2) is 40.2 Å². The number of sulfonamides is 1. The summed E-state index contributed by atoms with van der Waals surface area (Å²) in [4.78, 5) is 40.3. The van der Waals surface area contributed by atoms with Gasteiger partial charge in [0.15, 0.2) is 37.1 Å². The predicted octanol–water partition coefficient (Wildman–Crippen LogP) is 17.0. The van der Waals surface area contributed by atoms with E-state index in [2.05, 4.69) is 121 Å². The minimum atomic E-state index is -3.75. The van der Waals surface area contributed by atoms with Gasteiger partial charge in [0.1, 0.15) is 37.2 Å². The number of hydrogen-bond acceptors (Lipinski definition) is 26. The largest absolute Gasteiger partial charge is 0.489 e. The summed E-state index contributed by atoms with van der Waals surface area (Å²) in [5.74, 6) is 4.60. The van der Waals surface area contributed by atoms with E-state index in [-0.39, 0.29) is 77.5 Å². The number of piperidine rings is 3. The third-order valence-corrected chi connectivity index (χ3v) is 27.8. The van der Waals surface area contributed by atoms with Gasteiger partial charge in [-0.1, -0.05) is 71.2 Å². The van der Waals surface area contributed by atoms with Gasteiger partial charge < -0.3 is 72.1 Å². The number of ether oxygens (including phenoxy) is 4. The smallest absolute Gasteiger partial charge is 0.251 e. The molecule has 0 unspecified atom stereocenters. The summed E-state index contributed by atoms with van der Waals surface area (Å²) in [5, 5.41) is 31.6. The van der Waals surface area contributed by atoms with Crippen molar-refractivity contribution in [1.82, 2.24) is 55.5 Å². The van der Waals surface area contributed by atoms with Crippen LogP contribution < -0.4 is 67.4 Å². The number of morpholine rings is 1. The second-order valence-corrected chi connectivity index (χ2v) is 39.2. The number of aromatic nitrogens is 6. The molecule has 28 nitrogen and oxygen atoms in total. The Morgan fingerprint density at radius 2 is 0.775 bits per heavy atom. The van der Waals surface area contributed by atoms with Crippen molar-refractivity contribution in [2.45, 2.75) is 183 Å². The zero-order valence-corrected chi connectivity index (χ0v) is 74.8. The highest BCUT2D eigenvalue weighted by Gasteiger charge is 2.32. The molecule has 0 radical (unpaired) electrons. The van der Waals surface area contributed by atoms with Gasteiger partial charge in [-0.05, 0) is 279 Å². The minimum absolute atomic E-state index is 0.0121. The third-order valence-electron chi connectivity index (χ3n) is 20.6. The molecule has 13 rings (SSSR count). The fourth-order valence-electron chi connectivity index (χ4n) is 14.4. The van der Waals surface area contributed by atoms with E-state index in [1.54, 1.807) is 114 Å². The minimum Gasteiger partial charge on any atom is -0.489 e. The standard InChI is InChI=1S/2C29H37ClN6O4S.C28H36ClN5O3S/c1-19(2)40-26-16-20(3)22(21-8-10-31-11-9-21)17-25(26)34-29-32-18-23(30)28(35-29)33-24-6-4-5-7-27(24)41(37,38)36-12-14-39-15-13-36;1-17(2)40-25-15-20(19-10-12-32-13-11-19)21(28(37)31-5)14-24(25)35-29-33-16-22(30)27(36-29)34-23-8-6-7-9-26(23)41(38,39)18(3)4;1-17(2)37-25-15-21(20-10-12-30-13-11-20)19(5)14-24(25)33-28-31-16-22(29)27(34-28)32-23-8-6-7-9-26(23)38(35,36)18(3)4/h4-7,16-19,21,31H,8-15H2,1-3H3,(H2,32,33,34,35);6-9,14-19,32H,10-13H2,1-5H3,(H,31,37)(H2,33,34,35,36);6-9,14-18,20,30H,10-13H2,1-5H3,(H2,31,32,33,34). The summed E-state index contributed by atoms with van der Waals surface area (Å²) >= 11 is 19.3. The number of para-hydroxylation sites is 3. The van der Waals surface area contributed by atoms with Crippen LogP contribution in [0.4, 0.5) is 69.4 Å². The number of aryl methyl sites for hydroxylation is 2. The van der Waals surface area contributed by atoms with Gasteiger partial charge in [-0.15, -0.1) is 0 Å². The van der Waals surface area contributed by atoms with E-state index in [0.29, 0.717) is 95.7 Å². The van der Waals surface area contributed by atoms with Gasteiger partial charge in [-0.3, -0.25) is 4.79 Å². The van der Waals surface area contributed by atoms with Gasteiger partial charge in [0, 0.05) is 25.7 Å². The maximum absolute atomic E-state index is 13.4. The number of hydrogen-bond donors (Lipinski definition) is 10. The van der Waals surface area contributed by atoms with Crippen molar-refractivity contribution >= 4 is 140 Å². The topological polar surface area (TPSA) is 357 Å². The number of carbonyl (C=O) groups excluding carboxylic acids is 1. The fourth-order valence-corrected chi connectivity index (χ4v) is 18.8. The van der Waals surface area contributed by atoms with Crippen LogP contribution in [0, 0.1) is 13.8 Å². The van der Waals surface area contributed by atoms with E-state index in [1.165, 1.54) is 45.1 Å². The maximum atomic E-state index is 13.4. The molecule has 1 amide bonds. The fraction of sp³-hybridized carbons (Fsp3) is 0.430. The number of benzene rings is 6. The molecule has 10 N–H and O–H groups in total. The molecule has 6 aromatic carbocycles. The Kier molecular flexibility index (Phi) is 31.7. The highest BCUT2D eigenvalue weighted by atomic mass is 35.5. The first-order valence-electron chi connectivity index (χ1n) is 40.6. The van der Waals surface area contributed by atoms with E-state index in [0.717, 1.165) is 100 Å². The molecular weight excluding hydrogens is 1650 g/mol. The van der Waals surface area contributed by atoms with Crippen LogP contribution in [0.2, 0.25) is 15.1 Å². The number of anilines is 12. The van der Waals surface area contributed by atoms with Crippen LogP contribution in [0.1, 0.15) is 164 Å². The highest BCUT2D eigenvalue weighted by Crippen LogP contribution is 2.43. The SMILES string of the molecule is CNC(=O)c1cc(Nc2ncc(Cl)c(Nc3ccccc3S(=O)(=O)C(C)C)n2)c(OC(C)C)cc1C1CCNCC1.Cc1cc(Nc2ncc(Cl)c(Nc3ccccc3S(=O)(=O)C(C)C)n2)c(OC(C)C)cc1C1CCNCC1.Cc1cc(OC(C)C)c(Nc2ncc(Cl)c(Nc3ccccc3S(=O)(=O)N3CCOCC3)n2)cc1C1CCNCC1. The van der Waals surface area contributed by atoms with Gasteiger partial charge in [0.05, 0.1) is 105 Å². The molecule has 120 heavy (non-hydrogen) atoms. The van der Waals surface area contributed by atoms with Crippen molar-refractivity contribution in [3.05, 3.63) is 176 Å². The van der Waals surface area contributed by atoms with Crippen LogP contribution in [0.25, 0.3) is 0 Å². The van der Waals surface area contributed by atoms with E-state index >= 15 is 0 Å². The molecule has 4 aliphatic heterocycles. The summed E-state index contributed by atoms with van der Waals surface area (Å²) in [6, 6.07) is 32.2. The lowest BCUT2D eigenvalue weighted by Gasteiger charge is -2.27. The highest BCUT2D eigenvalue weighted by molar-refractivity contribution is 7.92. The molecule has 0 spiro atoms. The first kappa shape index (κ1) is 91.5. The Labute approximate surface area is 720 Å². The zero-order chi connectivity index (χ0) is 86.2. The first-order valence-corrected chi connectivity index (χ1v) is 46.3. The molecule has 0 atom stereocenters. The number of halogens is 3. The van der Waals surface area contributed by atoms with E-state index in [4.69, 9.17) is 53.8 Å². The zero-order valence-electron chi connectivity index (χ0n) is 70.0. The Bertz CT molecular complexity index is 5420. The molecule has 644 valence electrons. The molecular formula is C86H110Cl3N17O11S3. The second-order valence-electron chi connectivity index (χ2n) is 31.1. The quantitative estimate of drug-likeness (QED) is 0.0218. The van der Waals surface area contributed by atoms with Crippen molar-refractivity contribution in [3.63, 3.8) is 0 Å². The molecule has 0 aliphatic carbocycles. The number of sulfone groups is 2. The van der Waals surface area contributed by atoms with E-state index in [1.807, 2.05) is 47.6 Å². The Balaban J connectivity index is 0.000000176. The van der Waals surface area contributed by atoms with Crippen LogP contribution in [0.5, 0.6) is 17.2 Å². The lowest BCUT2D eigenvalue weighted by atomic mass is 9.86. The van der Waals surface area contributed by atoms with Crippen molar-refractivity contribution < 1.29 is 49.0 Å². The number of nitrogens with one attached hydrogen (secondary N) is 10. The maximum Gasteiger partial charge on any atom is 0.251 e. The summed E-state index contributed by atoms with van der Waals surface area (Å²) < 4.78 is 104. The first-order chi connectivity index (χ1) is 57.3. The van der Waals surface area contributed by atoms with Crippen molar-refractivity contribution in [2.24, 2.45) is 0 Å². The molecule has 9 aromatic rings. The van der Waals surface area contributed by atoms with E-state index in [9.17, 15) is 30.0 Å². The van der Waals surface area contributed by atoms with Gasteiger partial charge in [0.2, 0.25) is 27.9 Å². The predicted molar refractivity (Wildman–Crippen MR) is 478 cm³/mol. The molecule has 34 heteroatoms. The lowest BCUT2D eigenvalue weighted by molar-refractivity contribution is 0.0730. The van der Waals surface area contributed by atoms with Crippen LogP contribution in [-0.4, -0.2) is 167 Å². The van der Waals surface area contributed by atoms with Gasteiger partial charge in [-0.2, -0.15) is 19.3 Å². The summed E-state index contributed by atoms with van der Waals surface area (Å²) in [6.45, 7) is 29.8. The number of carbonyl (C=O) groups is 1. The molecule has 4 fully saturated rings. The second kappa shape index (κ2) is 41.5. The molecule has 7 heterocycles. The van der Waals surface area contributed by atoms with Gasteiger partial charge >= 0.3 is 0 Å². The summed E-state index contributed by atoms with van der Waals surface area (Å²) in [6.07, 6.45) is 10.4. The van der Waals surface area contributed by atoms with Gasteiger partial charge in [0.25, 0.3) is 5.91 Å². The average molecular weight is 1760 g/mol. The monoisotopic (exact) mass is 1760 g/mol. The summed E-state index contributed by atoms with van der Waals surface area (Å²) in [7, 11) is -9.23. The van der Waals surface area contributed by atoms with Crippen LogP contribution >= 0.6 is 34.8 Å². The third kappa shape index (κ3) is 23.3. The molecule has 3 aromatic heterocycles. The van der Waals surface area contributed by atoms with Crippen molar-refractivity contribution in [2.75, 3.05) is 105 Å². The average Bonchev–Trinajstić information content (AvgIpc) is 0.782. The number of amides is 1. The number of rotatable bonds is 28. The summed E-state index contributed by atoms with van der Waals surface area (Å²) in [5.41, 5.74) is 9.60. The lowest BCUT2D eigenvalue weighted by Crippen LogP contribution is -2.40. The molecule has 4 aliphatic rings. The number of nitrogens with zero attached hydrogens (tertiary/aromatic N) is 7. The normalized spacial score (nSPS) is 15.3. The Morgan fingerprint density at radius 3 is 1.17 bits per heavy atom. The Hall–Kier alpha value is -9.25. The molecule has 0 saturated carbocycles. The molecule has 4 saturated heterocycles. The van der Waals surface area contributed by atoms with Crippen LogP contribution in [0.15, 0.2) is 142 Å². The van der Waals surface area contributed by atoms with Crippen molar-refractivity contribution in [1.29, 1.82) is 0 Å². The van der Waals surface area contributed by atoms with Crippen LogP contribution in [-0.2, 0) is 34.4 Å². The van der Waals surface area contributed by atoms with E-state index < -0.39 is 40.2 Å². The Morgan fingerprint density at radius 1 is 0.442 bits per heavy atom.